The van der Waals surface area contributed by atoms with E-state index in [1.54, 1.807) is 11.0 Å². The largest absolute Gasteiger partial charge is 0.493 e. The lowest BCUT2D eigenvalue weighted by atomic mass is 9.94. The molecule has 37 heavy (non-hydrogen) atoms. The second-order valence-corrected chi connectivity index (χ2v) is 10.6. The summed E-state index contributed by atoms with van der Waals surface area (Å²) in [7, 11) is 0. The van der Waals surface area contributed by atoms with Crippen molar-refractivity contribution >= 4 is 5.91 Å². The quantitative estimate of drug-likeness (QED) is 0.441. The molecule has 2 heterocycles. The summed E-state index contributed by atoms with van der Waals surface area (Å²) < 4.78 is 35.6. The van der Waals surface area contributed by atoms with Crippen LogP contribution < -0.4 is 4.74 Å². The summed E-state index contributed by atoms with van der Waals surface area (Å²) in [5.74, 6) is 0.297. The number of benzene rings is 2. The van der Waals surface area contributed by atoms with Gasteiger partial charge in [-0.05, 0) is 92.9 Å². The Hall–Kier alpha value is -2.51. The van der Waals surface area contributed by atoms with Crippen LogP contribution in [0.3, 0.4) is 0 Å². The number of nitrogens with zero attached hydrogens (tertiary/aromatic N) is 2. The fraction of sp³-hybridized carbons (Fsp3) is 0.567. The van der Waals surface area contributed by atoms with Crippen molar-refractivity contribution < 1.29 is 23.4 Å². The molecule has 5 nitrogen and oxygen atoms in total. The highest BCUT2D eigenvalue weighted by Crippen LogP contribution is 2.28. The molecule has 4 rings (SSSR count). The van der Waals surface area contributed by atoms with E-state index in [2.05, 4.69) is 4.90 Å². The third-order valence-corrected chi connectivity index (χ3v) is 8.20. The molecule has 1 N–H and O–H groups in total. The van der Waals surface area contributed by atoms with E-state index in [0.29, 0.717) is 44.0 Å². The fourth-order valence-corrected chi connectivity index (χ4v) is 5.46. The zero-order valence-corrected chi connectivity index (χ0v) is 22.1. The number of aliphatic hydroxyl groups is 1. The number of aliphatic hydroxyl groups excluding tert-OH is 1. The van der Waals surface area contributed by atoms with Gasteiger partial charge in [-0.25, -0.2) is 8.78 Å². The zero-order valence-electron chi connectivity index (χ0n) is 22.1. The van der Waals surface area contributed by atoms with Crippen molar-refractivity contribution in [2.24, 2.45) is 5.92 Å². The van der Waals surface area contributed by atoms with E-state index in [0.717, 1.165) is 50.1 Å². The molecular formula is C30H40F2N2O3. The van der Waals surface area contributed by atoms with Gasteiger partial charge in [-0.15, -0.1) is 0 Å². The topological polar surface area (TPSA) is 53.0 Å². The Morgan fingerprint density at radius 1 is 1.03 bits per heavy atom. The summed E-state index contributed by atoms with van der Waals surface area (Å²) in [4.78, 5) is 16.6. The molecule has 0 aromatic heterocycles. The molecule has 0 spiro atoms. The second-order valence-electron chi connectivity index (χ2n) is 10.6. The van der Waals surface area contributed by atoms with Crippen LogP contribution in [0.2, 0.25) is 0 Å². The molecule has 2 saturated heterocycles. The van der Waals surface area contributed by atoms with Gasteiger partial charge in [0.1, 0.15) is 17.2 Å². The third kappa shape index (κ3) is 6.68. The van der Waals surface area contributed by atoms with Crippen molar-refractivity contribution in [3.8, 4) is 16.9 Å². The molecule has 2 fully saturated rings. The van der Waals surface area contributed by atoms with Crippen molar-refractivity contribution in [2.45, 2.75) is 64.1 Å². The number of piperidine rings is 1. The Morgan fingerprint density at radius 2 is 1.70 bits per heavy atom. The first-order valence-corrected chi connectivity index (χ1v) is 13.7. The maximum absolute atomic E-state index is 14.9. The lowest BCUT2D eigenvalue weighted by Crippen LogP contribution is -2.44. The monoisotopic (exact) mass is 514 g/mol. The Morgan fingerprint density at radius 3 is 2.32 bits per heavy atom. The van der Waals surface area contributed by atoms with Crippen LogP contribution >= 0.6 is 0 Å². The van der Waals surface area contributed by atoms with E-state index in [1.807, 2.05) is 38.1 Å². The molecule has 1 amide bonds. The van der Waals surface area contributed by atoms with Gasteiger partial charge in [0.2, 0.25) is 0 Å². The van der Waals surface area contributed by atoms with Crippen LogP contribution in [0.15, 0.2) is 42.5 Å². The molecule has 2 aromatic carbocycles. The average molecular weight is 515 g/mol. The van der Waals surface area contributed by atoms with Gasteiger partial charge in [-0.3, -0.25) is 4.79 Å². The van der Waals surface area contributed by atoms with Crippen LogP contribution in [0.4, 0.5) is 8.78 Å². The summed E-state index contributed by atoms with van der Waals surface area (Å²) in [5, 5.41) is 9.48. The molecule has 2 aliphatic rings. The molecule has 7 heteroatoms. The van der Waals surface area contributed by atoms with Crippen LogP contribution in [0.25, 0.3) is 11.1 Å². The SMILES string of the molecule is CCC(F)(CC)CN1CCC(COc2ccc(-c3ccc(C(=O)N4CCC[C@@H]4CO)c(F)c3)cc2)CC1. The summed E-state index contributed by atoms with van der Waals surface area (Å²) in [6.07, 6.45) is 4.68. The predicted octanol–water partition coefficient (Wildman–Crippen LogP) is 5.71. The molecule has 0 saturated carbocycles. The molecular weight excluding hydrogens is 474 g/mol. The molecule has 2 aliphatic heterocycles. The van der Waals surface area contributed by atoms with Gasteiger partial charge in [0.05, 0.1) is 24.8 Å². The number of alkyl halides is 1. The number of carbonyl (C=O) groups is 1. The van der Waals surface area contributed by atoms with Gasteiger partial charge in [0.15, 0.2) is 0 Å². The Bertz CT molecular complexity index is 1030. The minimum absolute atomic E-state index is 0.0386. The molecule has 1 atom stereocenters. The van der Waals surface area contributed by atoms with E-state index < -0.39 is 11.5 Å². The molecule has 0 bridgehead atoms. The number of carbonyl (C=O) groups excluding carboxylic acids is 1. The van der Waals surface area contributed by atoms with E-state index in [-0.39, 0.29) is 24.1 Å². The van der Waals surface area contributed by atoms with Crippen molar-refractivity contribution in [3.05, 3.63) is 53.8 Å². The summed E-state index contributed by atoms with van der Waals surface area (Å²) in [6.45, 7) is 7.25. The molecule has 202 valence electrons. The normalized spacial score (nSPS) is 19.4. The Labute approximate surface area is 219 Å². The minimum Gasteiger partial charge on any atom is -0.493 e. The molecule has 0 unspecified atom stereocenters. The first-order chi connectivity index (χ1) is 17.9. The number of likely N-dealkylation sites (tertiary alicyclic amines) is 2. The first-order valence-electron chi connectivity index (χ1n) is 13.7. The number of rotatable bonds is 10. The smallest absolute Gasteiger partial charge is 0.257 e. The highest BCUT2D eigenvalue weighted by molar-refractivity contribution is 5.95. The van der Waals surface area contributed by atoms with Crippen LogP contribution in [0, 0.1) is 11.7 Å². The molecule has 0 radical (unpaired) electrons. The van der Waals surface area contributed by atoms with Crippen LogP contribution in [0.1, 0.15) is 62.7 Å². The van der Waals surface area contributed by atoms with Crippen molar-refractivity contribution in [1.82, 2.24) is 9.80 Å². The summed E-state index contributed by atoms with van der Waals surface area (Å²) in [6, 6.07) is 12.0. The Kier molecular flexibility index (Phi) is 9.19. The van der Waals surface area contributed by atoms with Crippen LogP contribution in [0.5, 0.6) is 5.75 Å². The van der Waals surface area contributed by atoms with E-state index in [4.69, 9.17) is 4.74 Å². The van der Waals surface area contributed by atoms with Crippen LogP contribution in [-0.2, 0) is 0 Å². The van der Waals surface area contributed by atoms with Gasteiger partial charge < -0.3 is 19.6 Å². The van der Waals surface area contributed by atoms with E-state index in [1.165, 1.54) is 12.1 Å². The fourth-order valence-electron chi connectivity index (χ4n) is 5.46. The van der Waals surface area contributed by atoms with Gasteiger partial charge in [0, 0.05) is 13.1 Å². The Balaban J connectivity index is 1.29. The average Bonchev–Trinajstić information content (AvgIpc) is 3.41. The van der Waals surface area contributed by atoms with Gasteiger partial charge in [-0.1, -0.05) is 32.0 Å². The third-order valence-electron chi connectivity index (χ3n) is 8.20. The number of amides is 1. The summed E-state index contributed by atoms with van der Waals surface area (Å²) in [5.41, 5.74) is 0.489. The minimum atomic E-state index is -1.08. The maximum Gasteiger partial charge on any atom is 0.257 e. The number of hydrogen-bond donors (Lipinski definition) is 1. The van der Waals surface area contributed by atoms with Crippen molar-refractivity contribution in [3.63, 3.8) is 0 Å². The lowest BCUT2D eigenvalue weighted by molar-refractivity contribution is 0.0568. The predicted molar refractivity (Wildman–Crippen MR) is 142 cm³/mol. The highest BCUT2D eigenvalue weighted by Gasteiger charge is 2.31. The second kappa shape index (κ2) is 12.4. The van der Waals surface area contributed by atoms with E-state index in [9.17, 15) is 18.7 Å². The maximum atomic E-state index is 14.9. The van der Waals surface area contributed by atoms with Crippen LogP contribution in [-0.4, -0.2) is 71.9 Å². The number of ether oxygens (including phenoxy) is 1. The standard InChI is InChI=1S/C30H40F2N2O3/c1-3-30(32,4-2)21-33-16-13-22(14-17-33)20-37-26-10-7-23(8-11-26)24-9-12-27(28(31)18-24)29(36)34-15-5-6-25(34)19-35/h7-12,18,22,25,35H,3-6,13-17,19-21H2,1-2H3/t25-/m1/s1. The van der Waals surface area contributed by atoms with Crippen molar-refractivity contribution in [2.75, 3.05) is 39.4 Å². The highest BCUT2D eigenvalue weighted by atomic mass is 19.1. The molecule has 2 aromatic rings. The van der Waals surface area contributed by atoms with Crippen molar-refractivity contribution in [1.29, 1.82) is 0 Å². The number of hydrogen-bond acceptors (Lipinski definition) is 4. The lowest BCUT2D eigenvalue weighted by Gasteiger charge is -2.36. The summed E-state index contributed by atoms with van der Waals surface area (Å²) >= 11 is 0. The van der Waals surface area contributed by atoms with Gasteiger partial charge >= 0.3 is 0 Å². The zero-order chi connectivity index (χ0) is 26.4. The van der Waals surface area contributed by atoms with Gasteiger partial charge in [0.25, 0.3) is 5.91 Å². The molecule has 0 aliphatic carbocycles. The first kappa shape index (κ1) is 27.5. The number of halogens is 2. The van der Waals surface area contributed by atoms with E-state index >= 15 is 0 Å². The van der Waals surface area contributed by atoms with Gasteiger partial charge in [-0.2, -0.15) is 0 Å².